The number of carbonyl (C=O) groups is 1. The molecular formula is C13H19ClN2O2. The summed E-state index contributed by atoms with van der Waals surface area (Å²) in [7, 11) is 1.50. The van der Waals surface area contributed by atoms with Gasteiger partial charge in [0.2, 0.25) is 5.88 Å². The number of aromatic nitrogens is 1. The van der Waals surface area contributed by atoms with Crippen LogP contribution in [0.1, 0.15) is 30.6 Å². The van der Waals surface area contributed by atoms with E-state index in [2.05, 4.69) is 24.1 Å². The summed E-state index contributed by atoms with van der Waals surface area (Å²) in [6.45, 7) is 4.70. The number of halogens is 1. The highest BCUT2D eigenvalue weighted by Gasteiger charge is 2.20. The van der Waals surface area contributed by atoms with Crippen LogP contribution >= 0.6 is 11.6 Å². The molecule has 0 spiro atoms. The lowest BCUT2D eigenvalue weighted by Gasteiger charge is -2.23. The molecule has 5 heteroatoms. The maximum atomic E-state index is 12.0. The smallest absolute Gasteiger partial charge is 0.256 e. The van der Waals surface area contributed by atoms with Gasteiger partial charge in [0.1, 0.15) is 5.56 Å². The SMILES string of the molecule is COc1ncccc1C(=O)NCC(C)(C)CCCl. The van der Waals surface area contributed by atoms with Crippen LogP contribution in [0.3, 0.4) is 0 Å². The monoisotopic (exact) mass is 270 g/mol. The fourth-order valence-electron chi connectivity index (χ4n) is 1.49. The summed E-state index contributed by atoms with van der Waals surface area (Å²) in [6, 6.07) is 3.40. The highest BCUT2D eigenvalue weighted by molar-refractivity contribution is 6.17. The van der Waals surface area contributed by atoms with Crippen molar-refractivity contribution in [3.8, 4) is 5.88 Å². The zero-order valence-corrected chi connectivity index (χ0v) is 11.8. The van der Waals surface area contributed by atoms with E-state index in [0.717, 1.165) is 6.42 Å². The Bertz CT molecular complexity index is 408. The number of rotatable bonds is 6. The van der Waals surface area contributed by atoms with Crippen LogP contribution in [0.25, 0.3) is 0 Å². The van der Waals surface area contributed by atoms with Crippen LogP contribution in [0.15, 0.2) is 18.3 Å². The standard InChI is InChI=1S/C13H19ClN2O2/c1-13(2,6-7-14)9-16-11(17)10-5-4-8-15-12(10)18-3/h4-5,8H,6-7,9H2,1-3H3,(H,16,17). The van der Waals surface area contributed by atoms with Gasteiger partial charge in [-0.1, -0.05) is 13.8 Å². The number of methoxy groups -OCH3 is 1. The van der Waals surface area contributed by atoms with Crippen molar-refractivity contribution >= 4 is 17.5 Å². The van der Waals surface area contributed by atoms with E-state index in [4.69, 9.17) is 16.3 Å². The van der Waals surface area contributed by atoms with Crippen molar-refractivity contribution in [3.05, 3.63) is 23.9 Å². The predicted octanol–water partition coefficient (Wildman–Crippen LogP) is 2.48. The average Bonchev–Trinajstić information content (AvgIpc) is 2.36. The first-order valence-corrected chi connectivity index (χ1v) is 6.37. The highest BCUT2D eigenvalue weighted by Crippen LogP contribution is 2.20. The molecule has 0 aliphatic carbocycles. The molecule has 0 saturated heterocycles. The molecule has 0 bridgehead atoms. The number of nitrogens with one attached hydrogen (secondary N) is 1. The number of carbonyl (C=O) groups excluding carboxylic acids is 1. The van der Waals surface area contributed by atoms with E-state index in [-0.39, 0.29) is 11.3 Å². The van der Waals surface area contributed by atoms with E-state index in [1.807, 2.05) is 0 Å². The number of pyridine rings is 1. The second-order valence-corrected chi connectivity index (χ2v) is 5.22. The van der Waals surface area contributed by atoms with Crippen molar-refractivity contribution in [2.45, 2.75) is 20.3 Å². The Morgan fingerprint density at radius 3 is 2.89 bits per heavy atom. The van der Waals surface area contributed by atoms with Crippen LogP contribution in [-0.2, 0) is 0 Å². The Hall–Kier alpha value is -1.29. The number of alkyl halides is 1. The van der Waals surface area contributed by atoms with E-state index in [0.29, 0.717) is 23.9 Å². The zero-order valence-electron chi connectivity index (χ0n) is 11.0. The number of nitrogens with zero attached hydrogens (tertiary/aromatic N) is 1. The summed E-state index contributed by atoms with van der Waals surface area (Å²) >= 11 is 5.72. The van der Waals surface area contributed by atoms with Crippen molar-refractivity contribution in [2.75, 3.05) is 19.5 Å². The van der Waals surface area contributed by atoms with E-state index in [1.165, 1.54) is 7.11 Å². The van der Waals surface area contributed by atoms with Crippen molar-refractivity contribution in [3.63, 3.8) is 0 Å². The van der Waals surface area contributed by atoms with Crippen molar-refractivity contribution in [2.24, 2.45) is 5.41 Å². The van der Waals surface area contributed by atoms with E-state index < -0.39 is 0 Å². The predicted molar refractivity (Wildman–Crippen MR) is 72.2 cm³/mol. The molecule has 0 aliphatic heterocycles. The second kappa shape index (κ2) is 6.59. The van der Waals surface area contributed by atoms with Gasteiger partial charge in [0.15, 0.2) is 0 Å². The molecule has 1 rings (SSSR count). The Morgan fingerprint density at radius 1 is 1.56 bits per heavy atom. The minimum absolute atomic E-state index is 0.0210. The lowest BCUT2D eigenvalue weighted by molar-refractivity contribution is 0.0932. The third-order valence-corrected chi connectivity index (χ3v) is 2.90. The fraction of sp³-hybridized carbons (Fsp3) is 0.538. The van der Waals surface area contributed by atoms with Gasteiger partial charge in [-0.05, 0) is 24.0 Å². The topological polar surface area (TPSA) is 51.2 Å². The molecule has 1 amide bonds. The molecular weight excluding hydrogens is 252 g/mol. The molecule has 0 aliphatic rings. The van der Waals surface area contributed by atoms with Crippen molar-refractivity contribution < 1.29 is 9.53 Å². The Balaban J connectivity index is 2.66. The lowest BCUT2D eigenvalue weighted by atomic mass is 9.90. The minimum atomic E-state index is -0.178. The van der Waals surface area contributed by atoms with Crippen LogP contribution in [0, 0.1) is 5.41 Å². The first-order valence-electron chi connectivity index (χ1n) is 5.83. The van der Waals surface area contributed by atoms with Gasteiger partial charge in [0.25, 0.3) is 5.91 Å². The molecule has 18 heavy (non-hydrogen) atoms. The van der Waals surface area contributed by atoms with Crippen molar-refractivity contribution in [1.29, 1.82) is 0 Å². The maximum absolute atomic E-state index is 12.0. The van der Waals surface area contributed by atoms with Crippen LogP contribution in [-0.4, -0.2) is 30.4 Å². The summed E-state index contributed by atoms with van der Waals surface area (Å²) in [4.78, 5) is 16.0. The molecule has 1 aromatic heterocycles. The molecule has 0 atom stereocenters. The summed E-state index contributed by atoms with van der Waals surface area (Å²) in [5.74, 6) is 0.742. The van der Waals surface area contributed by atoms with E-state index >= 15 is 0 Å². The van der Waals surface area contributed by atoms with Crippen LogP contribution < -0.4 is 10.1 Å². The number of ether oxygens (including phenoxy) is 1. The third kappa shape index (κ3) is 4.18. The fourth-order valence-corrected chi connectivity index (χ4v) is 2.00. The number of hydrogen-bond donors (Lipinski definition) is 1. The molecule has 100 valence electrons. The zero-order chi connectivity index (χ0) is 13.6. The molecule has 0 radical (unpaired) electrons. The molecule has 1 aromatic rings. The summed E-state index contributed by atoms with van der Waals surface area (Å²) in [6.07, 6.45) is 2.44. The quantitative estimate of drug-likeness (QED) is 0.808. The molecule has 4 nitrogen and oxygen atoms in total. The molecule has 0 unspecified atom stereocenters. The van der Waals surface area contributed by atoms with Gasteiger partial charge in [0, 0.05) is 18.6 Å². The van der Waals surface area contributed by atoms with Crippen molar-refractivity contribution in [1.82, 2.24) is 10.3 Å². The van der Waals surface area contributed by atoms with Gasteiger partial charge in [-0.15, -0.1) is 11.6 Å². The largest absolute Gasteiger partial charge is 0.480 e. The Morgan fingerprint density at radius 2 is 2.28 bits per heavy atom. The first kappa shape index (κ1) is 14.8. The minimum Gasteiger partial charge on any atom is -0.480 e. The van der Waals surface area contributed by atoms with Crippen LogP contribution in [0.4, 0.5) is 0 Å². The molecule has 0 fully saturated rings. The van der Waals surface area contributed by atoms with Gasteiger partial charge in [-0.2, -0.15) is 0 Å². The van der Waals surface area contributed by atoms with Gasteiger partial charge >= 0.3 is 0 Å². The van der Waals surface area contributed by atoms with Gasteiger partial charge < -0.3 is 10.1 Å². The van der Waals surface area contributed by atoms with Crippen LogP contribution in [0.2, 0.25) is 0 Å². The summed E-state index contributed by atoms with van der Waals surface area (Å²) in [5, 5.41) is 2.88. The molecule has 1 heterocycles. The van der Waals surface area contributed by atoms with Gasteiger partial charge in [0.05, 0.1) is 7.11 Å². The molecule has 0 aromatic carbocycles. The van der Waals surface area contributed by atoms with Gasteiger partial charge in [-0.3, -0.25) is 4.79 Å². The average molecular weight is 271 g/mol. The summed E-state index contributed by atoms with van der Waals surface area (Å²) in [5.41, 5.74) is 0.425. The Kier molecular flexibility index (Phi) is 5.41. The van der Waals surface area contributed by atoms with Gasteiger partial charge in [-0.25, -0.2) is 4.98 Å². The normalized spacial score (nSPS) is 11.1. The third-order valence-electron chi connectivity index (χ3n) is 2.71. The lowest BCUT2D eigenvalue weighted by Crippen LogP contribution is -2.34. The van der Waals surface area contributed by atoms with E-state index in [1.54, 1.807) is 18.3 Å². The second-order valence-electron chi connectivity index (χ2n) is 4.85. The first-order chi connectivity index (χ1) is 8.50. The molecule has 1 N–H and O–H groups in total. The number of hydrogen-bond acceptors (Lipinski definition) is 3. The number of amides is 1. The van der Waals surface area contributed by atoms with E-state index in [9.17, 15) is 4.79 Å². The maximum Gasteiger partial charge on any atom is 0.256 e. The molecule has 0 saturated carbocycles. The Labute approximate surface area is 113 Å². The summed E-state index contributed by atoms with van der Waals surface area (Å²) < 4.78 is 5.05. The highest BCUT2D eigenvalue weighted by atomic mass is 35.5. The van der Waals surface area contributed by atoms with Crippen LogP contribution in [0.5, 0.6) is 5.88 Å².